The van der Waals surface area contributed by atoms with Gasteiger partial charge in [-0.3, -0.25) is 10.1 Å². The van der Waals surface area contributed by atoms with E-state index in [9.17, 15) is 4.79 Å². The summed E-state index contributed by atoms with van der Waals surface area (Å²) >= 11 is 0. The number of hydrogen-bond donors (Lipinski definition) is 1. The third-order valence-corrected chi connectivity index (χ3v) is 2.40. The highest BCUT2D eigenvalue weighted by Gasteiger charge is 2.01. The van der Waals surface area contributed by atoms with Crippen molar-refractivity contribution < 1.29 is 4.79 Å². The molecule has 0 atom stereocenters. The van der Waals surface area contributed by atoms with Crippen LogP contribution >= 0.6 is 0 Å². The number of hydrogen-bond acceptors (Lipinski definition) is 2. The number of nitrogens with zero attached hydrogens (tertiary/aromatic N) is 1. The van der Waals surface area contributed by atoms with Crippen LogP contribution in [0.2, 0.25) is 0 Å². The van der Waals surface area contributed by atoms with E-state index in [0.717, 1.165) is 12.0 Å². The van der Waals surface area contributed by atoms with E-state index in [1.165, 1.54) is 18.4 Å². The SMILES string of the molecule is CCCCc1ccc(CC(=O)NC#N)cc1. The first kappa shape index (κ1) is 12.3. The zero-order chi connectivity index (χ0) is 11.8. The van der Waals surface area contributed by atoms with E-state index in [4.69, 9.17) is 5.26 Å². The highest BCUT2D eigenvalue weighted by atomic mass is 16.1. The molecule has 84 valence electrons. The van der Waals surface area contributed by atoms with Crippen LogP contribution in [-0.4, -0.2) is 5.91 Å². The van der Waals surface area contributed by atoms with Crippen LogP contribution in [0.25, 0.3) is 0 Å². The van der Waals surface area contributed by atoms with Crippen molar-refractivity contribution in [2.45, 2.75) is 32.6 Å². The normalized spacial score (nSPS) is 9.50. The summed E-state index contributed by atoms with van der Waals surface area (Å²) in [6.45, 7) is 2.17. The average Bonchev–Trinajstić information content (AvgIpc) is 2.28. The van der Waals surface area contributed by atoms with Crippen molar-refractivity contribution in [2.75, 3.05) is 0 Å². The number of rotatable bonds is 5. The van der Waals surface area contributed by atoms with E-state index in [2.05, 4.69) is 12.2 Å². The van der Waals surface area contributed by atoms with Gasteiger partial charge in [0.05, 0.1) is 6.42 Å². The summed E-state index contributed by atoms with van der Waals surface area (Å²) in [6.07, 6.45) is 5.35. The molecule has 0 radical (unpaired) electrons. The van der Waals surface area contributed by atoms with Crippen LogP contribution in [0.4, 0.5) is 0 Å². The molecule has 0 saturated carbocycles. The Morgan fingerprint density at radius 1 is 1.31 bits per heavy atom. The zero-order valence-electron chi connectivity index (χ0n) is 9.49. The molecular formula is C13H16N2O. The van der Waals surface area contributed by atoms with Crippen molar-refractivity contribution in [1.29, 1.82) is 5.26 Å². The van der Waals surface area contributed by atoms with E-state index in [0.29, 0.717) is 0 Å². The predicted octanol–water partition coefficient (Wildman–Crippen LogP) is 2.17. The Hall–Kier alpha value is -1.82. The maximum Gasteiger partial charge on any atom is 0.237 e. The summed E-state index contributed by atoms with van der Waals surface area (Å²) in [5, 5.41) is 10.4. The number of carbonyl (C=O) groups excluding carboxylic acids is 1. The molecule has 0 bridgehead atoms. The Balaban J connectivity index is 2.51. The van der Waals surface area contributed by atoms with Gasteiger partial charge in [0.15, 0.2) is 6.19 Å². The minimum absolute atomic E-state index is 0.260. The molecule has 3 heteroatoms. The van der Waals surface area contributed by atoms with Gasteiger partial charge >= 0.3 is 0 Å². The van der Waals surface area contributed by atoms with Gasteiger partial charge in [0.2, 0.25) is 5.91 Å². The first-order chi connectivity index (χ1) is 7.76. The van der Waals surface area contributed by atoms with E-state index in [1.54, 1.807) is 6.19 Å². The van der Waals surface area contributed by atoms with E-state index in [1.807, 2.05) is 24.3 Å². The van der Waals surface area contributed by atoms with Crippen molar-refractivity contribution in [3.63, 3.8) is 0 Å². The molecule has 0 heterocycles. The number of carbonyl (C=O) groups is 1. The van der Waals surface area contributed by atoms with Gasteiger partial charge in [-0.25, -0.2) is 0 Å². The van der Waals surface area contributed by atoms with Crippen LogP contribution < -0.4 is 5.32 Å². The van der Waals surface area contributed by atoms with Gasteiger partial charge in [0, 0.05) is 0 Å². The van der Waals surface area contributed by atoms with Crippen LogP contribution in [0.1, 0.15) is 30.9 Å². The Bertz CT molecular complexity index is 376. The molecule has 0 aliphatic heterocycles. The van der Waals surface area contributed by atoms with Crippen molar-refractivity contribution in [3.05, 3.63) is 35.4 Å². The van der Waals surface area contributed by atoms with E-state index >= 15 is 0 Å². The number of unbranched alkanes of at least 4 members (excludes halogenated alkanes) is 1. The third-order valence-electron chi connectivity index (χ3n) is 2.40. The minimum Gasteiger partial charge on any atom is -0.274 e. The fourth-order valence-corrected chi connectivity index (χ4v) is 1.50. The molecule has 0 spiro atoms. The Kier molecular flexibility index (Phi) is 5.07. The number of aryl methyl sites for hydroxylation is 1. The van der Waals surface area contributed by atoms with E-state index in [-0.39, 0.29) is 12.3 Å². The molecule has 1 rings (SSSR count). The monoisotopic (exact) mass is 216 g/mol. The first-order valence-electron chi connectivity index (χ1n) is 5.52. The Morgan fingerprint density at radius 3 is 2.50 bits per heavy atom. The van der Waals surface area contributed by atoms with Crippen LogP contribution in [-0.2, 0) is 17.6 Å². The molecule has 0 aromatic heterocycles. The molecule has 1 aromatic carbocycles. The van der Waals surface area contributed by atoms with Crippen LogP contribution in [0.15, 0.2) is 24.3 Å². The molecular weight excluding hydrogens is 200 g/mol. The van der Waals surface area contributed by atoms with Gasteiger partial charge in [0.25, 0.3) is 0 Å². The molecule has 0 aliphatic carbocycles. The second-order valence-electron chi connectivity index (χ2n) is 3.76. The number of nitriles is 1. The lowest BCUT2D eigenvalue weighted by Crippen LogP contribution is -2.19. The van der Waals surface area contributed by atoms with Gasteiger partial charge in [-0.1, -0.05) is 37.6 Å². The summed E-state index contributed by atoms with van der Waals surface area (Å²) in [5.74, 6) is -0.260. The topological polar surface area (TPSA) is 52.9 Å². The summed E-state index contributed by atoms with van der Waals surface area (Å²) < 4.78 is 0. The van der Waals surface area contributed by atoms with Gasteiger partial charge in [0.1, 0.15) is 0 Å². The maximum atomic E-state index is 11.1. The zero-order valence-corrected chi connectivity index (χ0v) is 9.49. The van der Waals surface area contributed by atoms with Crippen LogP contribution in [0.5, 0.6) is 0 Å². The highest BCUT2D eigenvalue weighted by molar-refractivity contribution is 5.79. The van der Waals surface area contributed by atoms with Crippen molar-refractivity contribution in [1.82, 2.24) is 5.32 Å². The second-order valence-corrected chi connectivity index (χ2v) is 3.76. The first-order valence-corrected chi connectivity index (χ1v) is 5.52. The average molecular weight is 216 g/mol. The van der Waals surface area contributed by atoms with Crippen LogP contribution in [0, 0.1) is 11.5 Å². The number of amides is 1. The molecule has 3 nitrogen and oxygen atoms in total. The third kappa shape index (κ3) is 4.14. The fourth-order valence-electron chi connectivity index (χ4n) is 1.50. The molecule has 0 saturated heterocycles. The lowest BCUT2D eigenvalue weighted by Gasteiger charge is -2.02. The fraction of sp³-hybridized carbons (Fsp3) is 0.385. The second kappa shape index (κ2) is 6.62. The summed E-state index contributed by atoms with van der Waals surface area (Å²) in [7, 11) is 0. The molecule has 1 aromatic rings. The molecule has 1 N–H and O–H groups in total. The molecule has 16 heavy (non-hydrogen) atoms. The molecule has 0 unspecified atom stereocenters. The summed E-state index contributed by atoms with van der Waals surface area (Å²) in [4.78, 5) is 11.1. The van der Waals surface area contributed by atoms with Crippen molar-refractivity contribution in [2.24, 2.45) is 0 Å². The van der Waals surface area contributed by atoms with Crippen molar-refractivity contribution in [3.8, 4) is 6.19 Å². The van der Waals surface area contributed by atoms with Gasteiger partial charge in [-0.2, -0.15) is 5.26 Å². The highest BCUT2D eigenvalue weighted by Crippen LogP contribution is 2.08. The smallest absolute Gasteiger partial charge is 0.237 e. The van der Waals surface area contributed by atoms with Gasteiger partial charge in [-0.15, -0.1) is 0 Å². The predicted molar refractivity (Wildman–Crippen MR) is 62.5 cm³/mol. The Labute approximate surface area is 96.1 Å². The van der Waals surface area contributed by atoms with Crippen LogP contribution in [0.3, 0.4) is 0 Å². The summed E-state index contributed by atoms with van der Waals surface area (Å²) in [6, 6.07) is 7.99. The number of benzene rings is 1. The molecule has 0 aliphatic rings. The lowest BCUT2D eigenvalue weighted by atomic mass is 10.0. The number of nitrogens with one attached hydrogen (secondary N) is 1. The minimum atomic E-state index is -0.260. The lowest BCUT2D eigenvalue weighted by molar-refractivity contribution is -0.119. The maximum absolute atomic E-state index is 11.1. The molecule has 1 amide bonds. The standard InChI is InChI=1S/C13H16N2O/c1-2-3-4-11-5-7-12(8-6-11)9-13(16)15-10-14/h5-8H,2-4,9H2,1H3,(H,15,16). The Morgan fingerprint density at radius 2 is 1.94 bits per heavy atom. The summed E-state index contributed by atoms with van der Waals surface area (Å²) in [5.41, 5.74) is 2.24. The quantitative estimate of drug-likeness (QED) is 0.605. The molecule has 0 fully saturated rings. The van der Waals surface area contributed by atoms with Gasteiger partial charge < -0.3 is 0 Å². The largest absolute Gasteiger partial charge is 0.274 e. The van der Waals surface area contributed by atoms with E-state index < -0.39 is 0 Å². The van der Waals surface area contributed by atoms with Crippen molar-refractivity contribution >= 4 is 5.91 Å². The van der Waals surface area contributed by atoms with Gasteiger partial charge in [-0.05, 0) is 24.0 Å².